The number of benzene rings is 2. The second-order valence-corrected chi connectivity index (χ2v) is 7.00. The van der Waals surface area contributed by atoms with Gasteiger partial charge in [0.15, 0.2) is 0 Å². The molecule has 1 aliphatic rings. The lowest BCUT2D eigenvalue weighted by molar-refractivity contribution is -0.143. The first-order valence-electron chi connectivity index (χ1n) is 9.36. The van der Waals surface area contributed by atoms with Gasteiger partial charge in [0.05, 0.1) is 6.54 Å². The van der Waals surface area contributed by atoms with E-state index in [-0.39, 0.29) is 11.7 Å². The van der Waals surface area contributed by atoms with E-state index in [1.165, 1.54) is 6.07 Å². The standard InChI is InChI=1S/C22H26FNO3/c1-26-22(17-27-19-9-3-2-4-10-19)14-7-15-24(16-22)21(25)13-12-18-8-5-6-11-20(18)23/h2-6,8-11H,7,12-17H2,1H3. The number of halogens is 1. The molecule has 4 nitrogen and oxygen atoms in total. The molecule has 27 heavy (non-hydrogen) atoms. The monoisotopic (exact) mass is 371 g/mol. The first kappa shape index (κ1) is 19.4. The lowest BCUT2D eigenvalue weighted by atomic mass is 9.93. The summed E-state index contributed by atoms with van der Waals surface area (Å²) >= 11 is 0. The maximum atomic E-state index is 13.8. The third-order valence-electron chi connectivity index (χ3n) is 5.14. The molecule has 0 spiro atoms. The van der Waals surface area contributed by atoms with Crippen LogP contribution in [0.1, 0.15) is 24.8 Å². The summed E-state index contributed by atoms with van der Waals surface area (Å²) in [6, 6.07) is 16.2. The van der Waals surface area contributed by atoms with Crippen LogP contribution in [0.3, 0.4) is 0 Å². The highest BCUT2D eigenvalue weighted by molar-refractivity contribution is 5.76. The van der Waals surface area contributed by atoms with Crippen LogP contribution in [0.15, 0.2) is 54.6 Å². The highest BCUT2D eigenvalue weighted by Crippen LogP contribution is 2.27. The van der Waals surface area contributed by atoms with Crippen LogP contribution in [0.2, 0.25) is 0 Å². The smallest absolute Gasteiger partial charge is 0.223 e. The number of carbonyl (C=O) groups is 1. The summed E-state index contributed by atoms with van der Waals surface area (Å²) in [5.41, 5.74) is 0.0650. The topological polar surface area (TPSA) is 38.8 Å². The third kappa shape index (κ3) is 5.07. The van der Waals surface area contributed by atoms with Crippen molar-refractivity contribution in [2.45, 2.75) is 31.3 Å². The summed E-state index contributed by atoms with van der Waals surface area (Å²) in [4.78, 5) is 14.5. The Balaban J connectivity index is 1.58. The average Bonchev–Trinajstić information content (AvgIpc) is 2.72. The van der Waals surface area contributed by atoms with Gasteiger partial charge in [0.2, 0.25) is 5.91 Å². The predicted molar refractivity (Wildman–Crippen MR) is 102 cm³/mol. The number of ether oxygens (including phenoxy) is 2. The van der Waals surface area contributed by atoms with Crippen LogP contribution in [-0.4, -0.2) is 43.2 Å². The van der Waals surface area contributed by atoms with Crippen molar-refractivity contribution in [3.05, 3.63) is 66.0 Å². The molecule has 3 rings (SSSR count). The Labute approximate surface area is 159 Å². The predicted octanol–water partition coefficient (Wildman–Crippen LogP) is 3.84. The molecule has 0 aliphatic carbocycles. The zero-order valence-corrected chi connectivity index (χ0v) is 15.7. The summed E-state index contributed by atoms with van der Waals surface area (Å²) in [6.07, 6.45) is 2.40. The van der Waals surface area contributed by atoms with Gasteiger partial charge in [-0.1, -0.05) is 36.4 Å². The van der Waals surface area contributed by atoms with Crippen LogP contribution in [0, 0.1) is 5.82 Å². The fourth-order valence-corrected chi connectivity index (χ4v) is 3.49. The number of para-hydroxylation sites is 1. The highest BCUT2D eigenvalue weighted by atomic mass is 19.1. The molecule has 1 amide bonds. The molecule has 1 atom stereocenters. The quantitative estimate of drug-likeness (QED) is 0.742. The summed E-state index contributed by atoms with van der Waals surface area (Å²) in [5, 5.41) is 0. The summed E-state index contributed by atoms with van der Waals surface area (Å²) < 4.78 is 25.4. The molecule has 144 valence electrons. The molecule has 0 saturated carbocycles. The highest BCUT2D eigenvalue weighted by Gasteiger charge is 2.38. The molecule has 0 bridgehead atoms. The average molecular weight is 371 g/mol. The van der Waals surface area contributed by atoms with Crippen molar-refractivity contribution in [2.75, 3.05) is 26.8 Å². The van der Waals surface area contributed by atoms with Gasteiger partial charge in [-0.15, -0.1) is 0 Å². The minimum Gasteiger partial charge on any atom is -0.491 e. The number of rotatable bonds is 7. The van der Waals surface area contributed by atoms with Gasteiger partial charge < -0.3 is 14.4 Å². The lowest BCUT2D eigenvalue weighted by Crippen LogP contribution is -2.54. The van der Waals surface area contributed by atoms with Crippen LogP contribution in [0.25, 0.3) is 0 Å². The van der Waals surface area contributed by atoms with Crippen molar-refractivity contribution < 1.29 is 18.7 Å². The summed E-state index contributed by atoms with van der Waals surface area (Å²) in [6.45, 7) is 1.59. The molecular weight excluding hydrogens is 345 g/mol. The summed E-state index contributed by atoms with van der Waals surface area (Å²) in [7, 11) is 1.67. The molecule has 5 heteroatoms. The number of hydrogen-bond acceptors (Lipinski definition) is 3. The minimum absolute atomic E-state index is 0.0269. The van der Waals surface area contributed by atoms with Crippen molar-refractivity contribution in [2.24, 2.45) is 0 Å². The Morgan fingerprint density at radius 3 is 2.63 bits per heavy atom. The van der Waals surface area contributed by atoms with E-state index in [1.54, 1.807) is 25.3 Å². The number of amides is 1. The first-order chi connectivity index (χ1) is 13.1. The van der Waals surface area contributed by atoms with Crippen molar-refractivity contribution >= 4 is 5.91 Å². The molecule has 2 aromatic rings. The minimum atomic E-state index is -0.512. The Bertz CT molecular complexity index is 752. The zero-order chi connectivity index (χ0) is 19.1. The van der Waals surface area contributed by atoms with Gasteiger partial charge in [-0.25, -0.2) is 4.39 Å². The third-order valence-corrected chi connectivity index (χ3v) is 5.14. The number of likely N-dealkylation sites (tertiary alicyclic amines) is 1. The number of aryl methyl sites for hydroxylation is 1. The van der Waals surface area contributed by atoms with Crippen LogP contribution >= 0.6 is 0 Å². The van der Waals surface area contributed by atoms with Crippen molar-refractivity contribution in [3.63, 3.8) is 0 Å². The molecule has 2 aromatic carbocycles. The molecule has 1 unspecified atom stereocenters. The number of methoxy groups -OCH3 is 1. The lowest BCUT2D eigenvalue weighted by Gasteiger charge is -2.41. The van der Waals surface area contributed by atoms with Crippen LogP contribution < -0.4 is 4.74 Å². The van der Waals surface area contributed by atoms with Crippen LogP contribution in [0.5, 0.6) is 5.75 Å². The van der Waals surface area contributed by atoms with E-state index in [9.17, 15) is 9.18 Å². The largest absolute Gasteiger partial charge is 0.491 e. The molecule has 1 saturated heterocycles. The fourth-order valence-electron chi connectivity index (χ4n) is 3.49. The number of nitrogens with zero attached hydrogens (tertiary/aromatic N) is 1. The molecular formula is C22H26FNO3. The van der Waals surface area contributed by atoms with Gasteiger partial charge in [0.1, 0.15) is 23.8 Å². The van der Waals surface area contributed by atoms with E-state index in [0.717, 1.165) is 18.6 Å². The van der Waals surface area contributed by atoms with Crippen LogP contribution in [0.4, 0.5) is 4.39 Å². The van der Waals surface area contributed by atoms with Crippen molar-refractivity contribution in [3.8, 4) is 5.75 Å². The summed E-state index contributed by atoms with van der Waals surface area (Å²) in [5.74, 6) is 0.558. The van der Waals surface area contributed by atoms with Crippen molar-refractivity contribution in [1.29, 1.82) is 0 Å². The number of hydrogen-bond donors (Lipinski definition) is 0. The van der Waals surface area contributed by atoms with Crippen LogP contribution in [-0.2, 0) is 16.0 Å². The Morgan fingerprint density at radius 2 is 1.89 bits per heavy atom. The number of piperidine rings is 1. The fraction of sp³-hybridized carbons (Fsp3) is 0.409. The Kier molecular flexibility index (Phi) is 6.45. The Morgan fingerprint density at radius 1 is 1.15 bits per heavy atom. The van der Waals surface area contributed by atoms with Gasteiger partial charge >= 0.3 is 0 Å². The first-order valence-corrected chi connectivity index (χ1v) is 9.36. The molecule has 1 heterocycles. The Hall–Kier alpha value is -2.40. The maximum Gasteiger partial charge on any atom is 0.223 e. The molecule has 1 aliphatic heterocycles. The van der Waals surface area contributed by atoms with Gasteiger partial charge in [-0.2, -0.15) is 0 Å². The second kappa shape index (κ2) is 9.00. The molecule has 1 fully saturated rings. The van der Waals surface area contributed by atoms with E-state index in [2.05, 4.69) is 0 Å². The van der Waals surface area contributed by atoms with E-state index >= 15 is 0 Å². The van der Waals surface area contributed by atoms with E-state index < -0.39 is 5.60 Å². The van der Waals surface area contributed by atoms with Gasteiger partial charge in [-0.05, 0) is 43.0 Å². The molecule has 0 radical (unpaired) electrons. The number of carbonyl (C=O) groups excluding carboxylic acids is 1. The van der Waals surface area contributed by atoms with Crippen molar-refractivity contribution in [1.82, 2.24) is 4.90 Å². The van der Waals surface area contributed by atoms with Gasteiger partial charge in [-0.3, -0.25) is 4.79 Å². The molecule has 0 aromatic heterocycles. The zero-order valence-electron chi connectivity index (χ0n) is 15.7. The maximum absolute atomic E-state index is 13.8. The van der Waals surface area contributed by atoms with E-state index in [4.69, 9.17) is 9.47 Å². The SMILES string of the molecule is COC1(COc2ccccc2)CCCN(C(=O)CCc2ccccc2F)C1. The normalized spacial score (nSPS) is 19.7. The second-order valence-electron chi connectivity index (χ2n) is 7.00. The molecule has 0 N–H and O–H groups in total. The van der Waals surface area contributed by atoms with Gasteiger partial charge in [0.25, 0.3) is 0 Å². The van der Waals surface area contributed by atoms with Gasteiger partial charge in [0, 0.05) is 20.1 Å². The van der Waals surface area contributed by atoms with E-state index in [0.29, 0.717) is 38.1 Å². The van der Waals surface area contributed by atoms with E-state index in [1.807, 2.05) is 35.2 Å².